The van der Waals surface area contributed by atoms with Gasteiger partial charge in [-0.3, -0.25) is 4.79 Å². The number of carbonyl (C=O) groups is 1. The van der Waals surface area contributed by atoms with E-state index in [0.717, 1.165) is 6.07 Å². The Morgan fingerprint density at radius 1 is 1.33 bits per heavy atom. The van der Waals surface area contributed by atoms with Gasteiger partial charge in [0.2, 0.25) is 0 Å². The monoisotopic (exact) mass is 210 g/mol. The highest BCUT2D eigenvalue weighted by Crippen LogP contribution is 2.22. The molecule has 0 heterocycles. The van der Waals surface area contributed by atoms with Crippen molar-refractivity contribution < 1.29 is 13.6 Å². The number of rotatable bonds is 1. The van der Waals surface area contributed by atoms with Crippen molar-refractivity contribution in [3.63, 3.8) is 0 Å². The zero-order chi connectivity index (χ0) is 9.30. The minimum Gasteiger partial charge on any atom is -0.275 e. The van der Waals surface area contributed by atoms with Crippen molar-refractivity contribution in [2.24, 2.45) is 0 Å². The molecule has 0 aliphatic carbocycles. The molecule has 0 saturated carbocycles. The Kier molecular flexibility index (Phi) is 2.65. The molecular weight excluding hydrogens is 209 g/mol. The Morgan fingerprint density at radius 2 is 1.92 bits per heavy atom. The summed E-state index contributed by atoms with van der Waals surface area (Å²) >= 11 is 10.3. The molecule has 0 unspecified atom stereocenters. The topological polar surface area (TPSA) is 17.1 Å². The van der Waals surface area contributed by atoms with Crippen LogP contribution in [0.2, 0.25) is 5.02 Å². The van der Waals surface area contributed by atoms with Crippen LogP contribution in [0.15, 0.2) is 12.1 Å². The molecule has 0 amide bonds. The number of carbonyl (C=O) groups excluding carboxylic acids is 1. The van der Waals surface area contributed by atoms with Crippen LogP contribution < -0.4 is 0 Å². The summed E-state index contributed by atoms with van der Waals surface area (Å²) in [5.74, 6) is -1.90. The molecule has 0 aliphatic rings. The molecule has 0 fully saturated rings. The third-order valence-electron chi connectivity index (χ3n) is 1.20. The van der Waals surface area contributed by atoms with Crippen molar-refractivity contribution in [1.82, 2.24) is 0 Å². The maximum atomic E-state index is 12.7. The Balaban J connectivity index is 3.38. The smallest absolute Gasteiger partial charge is 0.256 e. The zero-order valence-electron chi connectivity index (χ0n) is 5.57. The summed E-state index contributed by atoms with van der Waals surface area (Å²) < 4.78 is 25.1. The van der Waals surface area contributed by atoms with Crippen LogP contribution in [-0.4, -0.2) is 5.24 Å². The maximum Gasteiger partial charge on any atom is 0.256 e. The molecule has 0 bridgehead atoms. The lowest BCUT2D eigenvalue weighted by Gasteiger charge is -1.99. The largest absolute Gasteiger partial charge is 0.275 e. The van der Waals surface area contributed by atoms with Crippen LogP contribution in [0.25, 0.3) is 0 Å². The molecule has 64 valence electrons. The quantitative estimate of drug-likeness (QED) is 0.652. The molecule has 1 rings (SSSR count). The molecular formula is C7H2Cl2F2O. The van der Waals surface area contributed by atoms with Gasteiger partial charge in [-0.15, -0.1) is 0 Å². The second kappa shape index (κ2) is 3.37. The van der Waals surface area contributed by atoms with Crippen LogP contribution in [0.1, 0.15) is 10.4 Å². The van der Waals surface area contributed by atoms with Gasteiger partial charge in [-0.2, -0.15) is 0 Å². The van der Waals surface area contributed by atoms with E-state index in [1.807, 2.05) is 0 Å². The Morgan fingerprint density at radius 3 is 2.33 bits per heavy atom. The van der Waals surface area contributed by atoms with E-state index in [-0.39, 0.29) is 5.02 Å². The third-order valence-corrected chi connectivity index (χ3v) is 1.69. The van der Waals surface area contributed by atoms with E-state index < -0.39 is 22.4 Å². The van der Waals surface area contributed by atoms with Crippen LogP contribution in [0.3, 0.4) is 0 Å². The fraction of sp³-hybridized carbons (Fsp3) is 0. The summed E-state index contributed by atoms with van der Waals surface area (Å²) in [6, 6.07) is 1.36. The van der Waals surface area contributed by atoms with Gasteiger partial charge in [0.05, 0.1) is 10.6 Å². The molecule has 5 heteroatoms. The molecule has 0 aliphatic heterocycles. The van der Waals surface area contributed by atoms with Gasteiger partial charge >= 0.3 is 0 Å². The van der Waals surface area contributed by atoms with E-state index in [1.54, 1.807) is 0 Å². The van der Waals surface area contributed by atoms with Gasteiger partial charge in [0.1, 0.15) is 11.6 Å². The summed E-state index contributed by atoms with van der Waals surface area (Å²) in [6.45, 7) is 0. The normalized spacial score (nSPS) is 10.0. The molecule has 0 atom stereocenters. The predicted octanol–water partition coefficient (Wildman–Crippen LogP) is 3.00. The number of hydrogen-bond donors (Lipinski definition) is 0. The lowest BCUT2D eigenvalue weighted by Crippen LogP contribution is -1.96. The second-order valence-electron chi connectivity index (χ2n) is 2.02. The van der Waals surface area contributed by atoms with Gasteiger partial charge in [0.15, 0.2) is 0 Å². The van der Waals surface area contributed by atoms with E-state index in [4.69, 9.17) is 23.2 Å². The van der Waals surface area contributed by atoms with E-state index >= 15 is 0 Å². The van der Waals surface area contributed by atoms with Gasteiger partial charge in [-0.1, -0.05) is 11.6 Å². The van der Waals surface area contributed by atoms with Gasteiger partial charge < -0.3 is 0 Å². The van der Waals surface area contributed by atoms with Crippen LogP contribution in [-0.2, 0) is 0 Å². The Labute approximate surface area is 76.9 Å². The van der Waals surface area contributed by atoms with Gasteiger partial charge in [-0.25, -0.2) is 8.78 Å². The lowest BCUT2D eigenvalue weighted by molar-refractivity contribution is 0.107. The molecule has 0 aromatic heterocycles. The van der Waals surface area contributed by atoms with E-state index in [9.17, 15) is 13.6 Å². The molecule has 0 saturated heterocycles. The van der Waals surface area contributed by atoms with Gasteiger partial charge in [0.25, 0.3) is 5.24 Å². The van der Waals surface area contributed by atoms with Gasteiger partial charge in [-0.05, 0) is 17.7 Å². The highest BCUT2D eigenvalue weighted by atomic mass is 35.5. The molecule has 1 aromatic carbocycles. The predicted molar refractivity (Wildman–Crippen MR) is 41.6 cm³/mol. The summed E-state index contributed by atoms with van der Waals surface area (Å²) in [5.41, 5.74) is -0.500. The maximum absolute atomic E-state index is 12.7. The van der Waals surface area contributed by atoms with Crippen molar-refractivity contribution in [3.05, 3.63) is 34.4 Å². The Hall–Kier alpha value is -0.670. The fourth-order valence-corrected chi connectivity index (χ4v) is 1.25. The summed E-state index contributed by atoms with van der Waals surface area (Å²) in [6.07, 6.45) is 0. The highest BCUT2D eigenvalue weighted by Gasteiger charge is 2.15. The molecule has 0 N–H and O–H groups in total. The minimum absolute atomic E-state index is 0.326. The molecule has 1 nitrogen and oxygen atoms in total. The first-order chi connectivity index (χ1) is 5.52. The van der Waals surface area contributed by atoms with Crippen molar-refractivity contribution in [1.29, 1.82) is 0 Å². The minimum atomic E-state index is -1.06. The first-order valence-electron chi connectivity index (χ1n) is 2.86. The molecule has 1 aromatic rings. The van der Waals surface area contributed by atoms with Crippen LogP contribution in [0.5, 0.6) is 0 Å². The van der Waals surface area contributed by atoms with Crippen LogP contribution in [0, 0.1) is 11.6 Å². The van der Waals surface area contributed by atoms with Crippen molar-refractivity contribution in [2.45, 2.75) is 0 Å². The number of halogens is 4. The summed E-state index contributed by atoms with van der Waals surface area (Å²) in [7, 11) is 0. The standard InChI is InChI=1S/C7H2Cl2F2O/c8-4-1-3(10)2-5(11)6(4)7(9)12/h1-2H. The summed E-state index contributed by atoms with van der Waals surface area (Å²) in [4.78, 5) is 10.5. The van der Waals surface area contributed by atoms with Crippen molar-refractivity contribution in [3.8, 4) is 0 Å². The van der Waals surface area contributed by atoms with E-state index in [0.29, 0.717) is 6.07 Å². The zero-order valence-corrected chi connectivity index (χ0v) is 7.09. The third kappa shape index (κ3) is 1.73. The average molecular weight is 211 g/mol. The first-order valence-corrected chi connectivity index (χ1v) is 3.62. The van der Waals surface area contributed by atoms with Crippen LogP contribution >= 0.6 is 23.2 Å². The molecule has 12 heavy (non-hydrogen) atoms. The lowest BCUT2D eigenvalue weighted by atomic mass is 10.2. The SMILES string of the molecule is O=C(Cl)c1c(F)cc(F)cc1Cl. The first kappa shape index (κ1) is 9.42. The molecule has 0 spiro atoms. The average Bonchev–Trinajstić information content (AvgIpc) is 1.82. The number of benzene rings is 1. The second-order valence-corrected chi connectivity index (χ2v) is 2.77. The summed E-state index contributed by atoms with van der Waals surface area (Å²) in [5, 5.41) is -1.37. The van der Waals surface area contributed by atoms with E-state index in [2.05, 4.69) is 0 Å². The van der Waals surface area contributed by atoms with Gasteiger partial charge in [0, 0.05) is 6.07 Å². The highest BCUT2D eigenvalue weighted by molar-refractivity contribution is 6.68. The van der Waals surface area contributed by atoms with E-state index in [1.165, 1.54) is 0 Å². The fourth-order valence-electron chi connectivity index (χ4n) is 0.730. The van der Waals surface area contributed by atoms with Crippen molar-refractivity contribution in [2.75, 3.05) is 0 Å². The van der Waals surface area contributed by atoms with Crippen molar-refractivity contribution >= 4 is 28.4 Å². The number of hydrogen-bond acceptors (Lipinski definition) is 1. The Bertz CT molecular complexity index is 315. The van der Waals surface area contributed by atoms with Crippen LogP contribution in [0.4, 0.5) is 8.78 Å². The molecule has 0 radical (unpaired) electrons.